The lowest BCUT2D eigenvalue weighted by Crippen LogP contribution is -2.07. The van der Waals surface area contributed by atoms with E-state index in [9.17, 15) is 0 Å². The lowest BCUT2D eigenvalue weighted by Gasteiger charge is -2.12. The van der Waals surface area contributed by atoms with E-state index < -0.39 is 0 Å². The Hall–Kier alpha value is 0.220. The van der Waals surface area contributed by atoms with Crippen LogP contribution in [0.5, 0.6) is 0 Å². The second-order valence-electron chi connectivity index (χ2n) is 2.79. The summed E-state index contributed by atoms with van der Waals surface area (Å²) >= 11 is 2.33. The first kappa shape index (κ1) is 9.22. The van der Waals surface area contributed by atoms with Crippen molar-refractivity contribution in [1.82, 2.24) is 0 Å². The van der Waals surface area contributed by atoms with Gasteiger partial charge in [-0.1, -0.05) is 22.6 Å². The van der Waals surface area contributed by atoms with E-state index in [0.29, 0.717) is 0 Å². The van der Waals surface area contributed by atoms with Gasteiger partial charge in [0.05, 0.1) is 11.5 Å². The molecule has 0 spiro atoms. The Kier molecular flexibility index (Phi) is 4.20. The molecule has 0 saturated carbocycles. The van der Waals surface area contributed by atoms with Crippen molar-refractivity contribution in [2.24, 2.45) is 5.41 Å². The Morgan fingerprint density at radius 3 is 2.44 bits per heavy atom. The van der Waals surface area contributed by atoms with Crippen LogP contribution in [-0.2, 0) is 0 Å². The molecule has 0 aromatic heterocycles. The molecule has 0 fully saturated rings. The second-order valence-corrected chi connectivity index (χ2v) is 3.87. The van der Waals surface area contributed by atoms with E-state index in [4.69, 9.17) is 5.26 Å². The molecule has 0 aromatic carbocycles. The highest BCUT2D eigenvalue weighted by Gasteiger charge is 2.14. The van der Waals surface area contributed by atoms with Crippen molar-refractivity contribution in [1.29, 1.82) is 5.26 Å². The summed E-state index contributed by atoms with van der Waals surface area (Å²) < 4.78 is 1.16. The van der Waals surface area contributed by atoms with E-state index >= 15 is 0 Å². The van der Waals surface area contributed by atoms with Crippen molar-refractivity contribution in [2.75, 3.05) is 4.43 Å². The van der Waals surface area contributed by atoms with Crippen LogP contribution < -0.4 is 0 Å². The molecule has 0 aliphatic heterocycles. The van der Waals surface area contributed by atoms with Crippen LogP contribution in [0.2, 0.25) is 0 Å². The van der Waals surface area contributed by atoms with Crippen LogP contribution >= 0.6 is 22.6 Å². The van der Waals surface area contributed by atoms with Gasteiger partial charge >= 0.3 is 0 Å². The number of halogens is 1. The van der Waals surface area contributed by atoms with E-state index in [0.717, 1.165) is 17.3 Å². The normalized spacial score (nSPS) is 10.9. The summed E-state index contributed by atoms with van der Waals surface area (Å²) in [7, 11) is 0. The monoisotopic (exact) mass is 237 g/mol. The van der Waals surface area contributed by atoms with E-state index in [1.807, 2.05) is 13.8 Å². The molecule has 1 nitrogen and oxygen atoms in total. The van der Waals surface area contributed by atoms with Gasteiger partial charge in [-0.25, -0.2) is 0 Å². The van der Waals surface area contributed by atoms with Crippen molar-refractivity contribution >= 4 is 22.6 Å². The van der Waals surface area contributed by atoms with Gasteiger partial charge in [0.2, 0.25) is 0 Å². The predicted octanol–water partition coefficient (Wildman–Crippen LogP) is 2.75. The van der Waals surface area contributed by atoms with Crippen LogP contribution in [0.25, 0.3) is 0 Å². The van der Waals surface area contributed by atoms with Crippen LogP contribution in [0, 0.1) is 16.7 Å². The molecule has 0 saturated heterocycles. The number of hydrogen-bond donors (Lipinski definition) is 0. The minimum absolute atomic E-state index is 0.106. The average molecular weight is 237 g/mol. The first-order valence-electron chi connectivity index (χ1n) is 3.09. The Bertz CT molecular complexity index is 113. The van der Waals surface area contributed by atoms with Gasteiger partial charge in [0.15, 0.2) is 0 Å². The summed E-state index contributed by atoms with van der Waals surface area (Å²) in [6.07, 6.45) is 2.17. The number of nitriles is 1. The summed E-state index contributed by atoms with van der Waals surface area (Å²) in [4.78, 5) is 0. The van der Waals surface area contributed by atoms with Gasteiger partial charge in [0.25, 0.3) is 0 Å². The fourth-order valence-electron chi connectivity index (χ4n) is 0.565. The molecule has 0 heterocycles. The summed E-state index contributed by atoms with van der Waals surface area (Å²) in [5.74, 6) is 0. The third-order valence-electron chi connectivity index (χ3n) is 1.24. The van der Waals surface area contributed by atoms with E-state index in [-0.39, 0.29) is 5.41 Å². The van der Waals surface area contributed by atoms with Gasteiger partial charge in [-0.2, -0.15) is 5.26 Å². The Labute approximate surface area is 70.6 Å². The molecule has 9 heavy (non-hydrogen) atoms. The molecule has 0 radical (unpaired) electrons. The molecule has 0 unspecified atom stereocenters. The van der Waals surface area contributed by atoms with Gasteiger partial charge in [-0.3, -0.25) is 0 Å². The van der Waals surface area contributed by atoms with Gasteiger partial charge in [-0.15, -0.1) is 0 Å². The zero-order chi connectivity index (χ0) is 7.33. The number of hydrogen-bond acceptors (Lipinski definition) is 1. The smallest absolute Gasteiger partial charge is 0.0683 e. The summed E-state index contributed by atoms with van der Waals surface area (Å²) in [6, 6.07) is 2.27. The van der Waals surface area contributed by atoms with Gasteiger partial charge in [-0.05, 0) is 31.1 Å². The second kappa shape index (κ2) is 4.10. The van der Waals surface area contributed by atoms with Crippen molar-refractivity contribution < 1.29 is 0 Å². The molecular formula is C7H12IN. The van der Waals surface area contributed by atoms with Gasteiger partial charge < -0.3 is 0 Å². The summed E-state index contributed by atoms with van der Waals surface area (Å²) in [5.41, 5.74) is -0.106. The van der Waals surface area contributed by atoms with Crippen LogP contribution in [0.15, 0.2) is 0 Å². The SMILES string of the molecule is CC(C)(C#N)CCCI. The molecule has 0 atom stereocenters. The topological polar surface area (TPSA) is 23.8 Å². The minimum Gasteiger partial charge on any atom is -0.198 e. The van der Waals surface area contributed by atoms with Crippen molar-refractivity contribution in [2.45, 2.75) is 26.7 Å². The van der Waals surface area contributed by atoms with Crippen molar-refractivity contribution in [3.05, 3.63) is 0 Å². The average Bonchev–Trinajstić information content (AvgIpc) is 1.84. The lowest BCUT2D eigenvalue weighted by molar-refractivity contribution is 0.449. The molecule has 0 bridgehead atoms. The zero-order valence-electron chi connectivity index (χ0n) is 5.95. The van der Waals surface area contributed by atoms with Crippen LogP contribution in [0.4, 0.5) is 0 Å². The Balaban J connectivity index is 3.49. The Morgan fingerprint density at radius 2 is 2.11 bits per heavy atom. The van der Waals surface area contributed by atoms with Crippen LogP contribution in [-0.4, -0.2) is 4.43 Å². The van der Waals surface area contributed by atoms with E-state index in [2.05, 4.69) is 28.7 Å². The molecule has 0 aliphatic rings. The number of rotatable bonds is 3. The maximum atomic E-state index is 8.57. The number of alkyl halides is 1. The van der Waals surface area contributed by atoms with Crippen molar-refractivity contribution in [3.63, 3.8) is 0 Å². The van der Waals surface area contributed by atoms with Gasteiger partial charge in [0.1, 0.15) is 0 Å². The first-order chi connectivity index (χ1) is 4.12. The molecule has 0 rings (SSSR count). The third-order valence-corrected chi connectivity index (χ3v) is 2.00. The summed E-state index contributed by atoms with van der Waals surface area (Å²) in [5, 5.41) is 8.57. The zero-order valence-corrected chi connectivity index (χ0v) is 8.10. The predicted molar refractivity (Wildman–Crippen MR) is 47.5 cm³/mol. The quantitative estimate of drug-likeness (QED) is 0.546. The summed E-state index contributed by atoms with van der Waals surface area (Å²) in [6.45, 7) is 3.97. The third kappa shape index (κ3) is 4.71. The first-order valence-corrected chi connectivity index (χ1v) is 4.62. The lowest BCUT2D eigenvalue weighted by atomic mass is 9.90. The fourth-order valence-corrected chi connectivity index (χ4v) is 0.946. The molecule has 2 heteroatoms. The van der Waals surface area contributed by atoms with Crippen LogP contribution in [0.3, 0.4) is 0 Å². The number of nitrogens with zero attached hydrogens (tertiary/aromatic N) is 1. The highest BCUT2D eigenvalue weighted by molar-refractivity contribution is 14.1. The molecule has 52 valence electrons. The largest absolute Gasteiger partial charge is 0.198 e. The van der Waals surface area contributed by atoms with E-state index in [1.54, 1.807) is 0 Å². The molecule has 0 aromatic rings. The Morgan fingerprint density at radius 1 is 1.56 bits per heavy atom. The highest BCUT2D eigenvalue weighted by atomic mass is 127. The van der Waals surface area contributed by atoms with Crippen molar-refractivity contribution in [3.8, 4) is 6.07 Å². The highest BCUT2D eigenvalue weighted by Crippen LogP contribution is 2.20. The molecule has 0 N–H and O–H groups in total. The van der Waals surface area contributed by atoms with Gasteiger partial charge in [0, 0.05) is 0 Å². The maximum Gasteiger partial charge on any atom is 0.0683 e. The van der Waals surface area contributed by atoms with E-state index in [1.165, 1.54) is 0 Å². The minimum atomic E-state index is -0.106. The van der Waals surface area contributed by atoms with Crippen LogP contribution in [0.1, 0.15) is 26.7 Å². The standard InChI is InChI=1S/C7H12IN/c1-7(2,6-9)4-3-5-8/h3-5H2,1-2H3. The fraction of sp³-hybridized carbons (Fsp3) is 0.857. The maximum absolute atomic E-state index is 8.57. The molecule has 0 aliphatic carbocycles. The molecular weight excluding hydrogens is 225 g/mol. The molecule has 0 amide bonds.